The standard InChI is InChI=1S/C23H32O/c1-8-16-24-20-14-10-9-13-19(20)18-12-11-15-23(17-18,21(2,3)4)22(5,6)7/h8-15H,1,16-17H2,2-7H3. The molecule has 0 aliphatic heterocycles. The van der Waals surface area contributed by atoms with Crippen molar-refractivity contribution in [1.29, 1.82) is 0 Å². The first kappa shape index (κ1) is 18.6. The van der Waals surface area contributed by atoms with Crippen LogP contribution >= 0.6 is 0 Å². The van der Waals surface area contributed by atoms with Crippen LogP contribution in [0.25, 0.3) is 5.57 Å². The van der Waals surface area contributed by atoms with E-state index >= 15 is 0 Å². The van der Waals surface area contributed by atoms with Gasteiger partial charge in [0.15, 0.2) is 0 Å². The lowest BCUT2D eigenvalue weighted by atomic mass is 9.50. The predicted octanol–water partition coefficient (Wildman–Crippen LogP) is 6.67. The highest BCUT2D eigenvalue weighted by Gasteiger charge is 2.49. The van der Waals surface area contributed by atoms with Crippen molar-refractivity contribution in [3.05, 3.63) is 60.7 Å². The molecular formula is C23H32O. The molecule has 1 nitrogen and oxygen atoms in total. The summed E-state index contributed by atoms with van der Waals surface area (Å²) >= 11 is 0. The Hall–Kier alpha value is -1.76. The van der Waals surface area contributed by atoms with E-state index in [4.69, 9.17) is 4.74 Å². The fourth-order valence-electron chi connectivity index (χ4n) is 4.09. The number of rotatable bonds is 4. The normalized spacial score (nSPS) is 17.3. The largest absolute Gasteiger partial charge is 0.489 e. The summed E-state index contributed by atoms with van der Waals surface area (Å²) in [7, 11) is 0. The van der Waals surface area contributed by atoms with Gasteiger partial charge in [-0.1, -0.05) is 90.6 Å². The van der Waals surface area contributed by atoms with E-state index in [0.29, 0.717) is 6.61 Å². The van der Waals surface area contributed by atoms with E-state index < -0.39 is 0 Å². The smallest absolute Gasteiger partial charge is 0.127 e. The quantitative estimate of drug-likeness (QED) is 0.562. The average Bonchev–Trinajstić information content (AvgIpc) is 2.51. The zero-order chi connectivity index (χ0) is 18.0. The lowest BCUT2D eigenvalue weighted by Crippen LogP contribution is -2.45. The first-order valence-corrected chi connectivity index (χ1v) is 8.84. The van der Waals surface area contributed by atoms with Crippen LogP contribution in [0.4, 0.5) is 0 Å². The van der Waals surface area contributed by atoms with Crippen molar-refractivity contribution in [3.8, 4) is 5.75 Å². The minimum absolute atomic E-state index is 0.0929. The second kappa shape index (κ2) is 6.63. The third-order valence-electron chi connectivity index (χ3n) is 5.41. The number of benzene rings is 1. The molecule has 0 atom stereocenters. The Kier molecular flexibility index (Phi) is 5.13. The molecular weight excluding hydrogens is 292 g/mol. The maximum absolute atomic E-state index is 5.90. The summed E-state index contributed by atoms with van der Waals surface area (Å²) < 4.78 is 5.90. The molecule has 0 saturated heterocycles. The topological polar surface area (TPSA) is 9.23 Å². The lowest BCUT2D eigenvalue weighted by molar-refractivity contribution is 0.0215. The Morgan fingerprint density at radius 2 is 1.71 bits per heavy atom. The van der Waals surface area contributed by atoms with Crippen molar-refractivity contribution in [2.24, 2.45) is 16.2 Å². The second-order valence-corrected chi connectivity index (χ2v) is 8.79. The highest BCUT2D eigenvalue weighted by atomic mass is 16.5. The number of para-hydroxylation sites is 1. The molecule has 1 aromatic carbocycles. The lowest BCUT2D eigenvalue weighted by Gasteiger charge is -2.53. The number of allylic oxidation sites excluding steroid dienone is 4. The molecule has 0 radical (unpaired) electrons. The molecule has 0 saturated carbocycles. The van der Waals surface area contributed by atoms with Crippen LogP contribution in [0.1, 0.15) is 53.5 Å². The van der Waals surface area contributed by atoms with Crippen LogP contribution in [0, 0.1) is 16.2 Å². The zero-order valence-corrected chi connectivity index (χ0v) is 16.1. The van der Waals surface area contributed by atoms with Crippen molar-refractivity contribution in [2.75, 3.05) is 6.61 Å². The number of ether oxygens (including phenoxy) is 1. The highest BCUT2D eigenvalue weighted by molar-refractivity contribution is 5.74. The third-order valence-corrected chi connectivity index (χ3v) is 5.41. The fraction of sp³-hybridized carbons (Fsp3) is 0.478. The van der Waals surface area contributed by atoms with Crippen LogP contribution < -0.4 is 4.74 Å². The molecule has 24 heavy (non-hydrogen) atoms. The predicted molar refractivity (Wildman–Crippen MR) is 105 cm³/mol. The van der Waals surface area contributed by atoms with Gasteiger partial charge in [0.1, 0.15) is 12.4 Å². The fourth-order valence-corrected chi connectivity index (χ4v) is 4.09. The third kappa shape index (κ3) is 3.36. The molecule has 2 rings (SSSR count). The summed E-state index contributed by atoms with van der Waals surface area (Å²) in [5, 5.41) is 0. The monoisotopic (exact) mass is 324 g/mol. The van der Waals surface area contributed by atoms with Gasteiger partial charge in [0.05, 0.1) is 0 Å². The van der Waals surface area contributed by atoms with Crippen molar-refractivity contribution in [1.82, 2.24) is 0 Å². The van der Waals surface area contributed by atoms with Gasteiger partial charge in [-0.25, -0.2) is 0 Å². The van der Waals surface area contributed by atoms with Gasteiger partial charge in [0.25, 0.3) is 0 Å². The molecule has 0 aromatic heterocycles. The molecule has 0 N–H and O–H groups in total. The van der Waals surface area contributed by atoms with Gasteiger partial charge in [0.2, 0.25) is 0 Å². The highest BCUT2D eigenvalue weighted by Crippen LogP contribution is 2.58. The van der Waals surface area contributed by atoms with Crippen molar-refractivity contribution < 1.29 is 4.74 Å². The van der Waals surface area contributed by atoms with Gasteiger partial charge in [-0.05, 0) is 28.9 Å². The molecule has 130 valence electrons. The van der Waals surface area contributed by atoms with E-state index in [9.17, 15) is 0 Å². The minimum atomic E-state index is 0.0929. The summed E-state index contributed by atoms with van der Waals surface area (Å²) in [6.07, 6.45) is 9.71. The molecule has 0 bridgehead atoms. The SMILES string of the molecule is C=CCOc1ccccc1C1=CC=CC(C(C)(C)C)(C(C)(C)C)C1. The van der Waals surface area contributed by atoms with Gasteiger partial charge in [0, 0.05) is 11.0 Å². The van der Waals surface area contributed by atoms with Crippen LogP contribution in [0.15, 0.2) is 55.1 Å². The summed E-state index contributed by atoms with van der Waals surface area (Å²) in [6.45, 7) is 18.4. The zero-order valence-electron chi connectivity index (χ0n) is 16.1. The summed E-state index contributed by atoms with van der Waals surface area (Å²) in [4.78, 5) is 0. The van der Waals surface area contributed by atoms with Crippen LogP contribution in [0.3, 0.4) is 0 Å². The van der Waals surface area contributed by atoms with Crippen LogP contribution in [-0.2, 0) is 0 Å². The van der Waals surface area contributed by atoms with Gasteiger partial charge in [-0.15, -0.1) is 0 Å². The van der Waals surface area contributed by atoms with Crippen LogP contribution in [0.2, 0.25) is 0 Å². The molecule has 1 heteroatoms. The van der Waals surface area contributed by atoms with E-state index in [1.807, 2.05) is 12.1 Å². The Morgan fingerprint density at radius 1 is 1.08 bits per heavy atom. The molecule has 0 amide bonds. The first-order chi connectivity index (χ1) is 11.1. The van der Waals surface area contributed by atoms with Crippen molar-refractivity contribution in [2.45, 2.75) is 48.0 Å². The van der Waals surface area contributed by atoms with Crippen molar-refractivity contribution in [3.63, 3.8) is 0 Å². The number of hydrogen-bond donors (Lipinski definition) is 0. The van der Waals surface area contributed by atoms with Gasteiger partial charge in [-0.3, -0.25) is 0 Å². The first-order valence-electron chi connectivity index (χ1n) is 8.84. The van der Waals surface area contributed by atoms with E-state index in [1.54, 1.807) is 6.08 Å². The molecule has 1 aliphatic rings. The van der Waals surface area contributed by atoms with E-state index in [0.717, 1.165) is 12.2 Å². The minimum Gasteiger partial charge on any atom is -0.489 e. The van der Waals surface area contributed by atoms with Crippen LogP contribution in [-0.4, -0.2) is 6.61 Å². The maximum atomic E-state index is 5.90. The van der Waals surface area contributed by atoms with E-state index in [-0.39, 0.29) is 16.2 Å². The molecule has 0 unspecified atom stereocenters. The number of hydrogen-bond acceptors (Lipinski definition) is 1. The molecule has 0 fully saturated rings. The Morgan fingerprint density at radius 3 is 2.29 bits per heavy atom. The Bertz CT molecular complexity index is 633. The Labute approximate surface area is 148 Å². The second-order valence-electron chi connectivity index (χ2n) is 8.79. The molecule has 0 heterocycles. The van der Waals surface area contributed by atoms with Gasteiger partial charge < -0.3 is 4.74 Å². The molecule has 0 spiro atoms. The van der Waals surface area contributed by atoms with Gasteiger partial charge >= 0.3 is 0 Å². The maximum Gasteiger partial charge on any atom is 0.127 e. The molecule has 1 aromatic rings. The summed E-state index contributed by atoms with van der Waals surface area (Å²) in [5.41, 5.74) is 2.97. The van der Waals surface area contributed by atoms with Crippen molar-refractivity contribution >= 4 is 5.57 Å². The summed E-state index contributed by atoms with van der Waals surface area (Å²) in [6, 6.07) is 8.33. The van der Waals surface area contributed by atoms with E-state index in [1.165, 1.54) is 11.1 Å². The summed E-state index contributed by atoms with van der Waals surface area (Å²) in [5.74, 6) is 0.940. The average molecular weight is 325 g/mol. The molecule has 1 aliphatic carbocycles. The Balaban J connectivity index is 2.47. The van der Waals surface area contributed by atoms with E-state index in [2.05, 4.69) is 78.5 Å². The van der Waals surface area contributed by atoms with Gasteiger partial charge in [-0.2, -0.15) is 0 Å². The van der Waals surface area contributed by atoms with Crippen LogP contribution in [0.5, 0.6) is 5.75 Å².